The average molecular weight is 252 g/mol. The maximum Gasteiger partial charge on any atom is 0.443 e. The van der Waals surface area contributed by atoms with E-state index in [2.05, 4.69) is 10.3 Å². The molecule has 1 N–H and O–H groups in total. The van der Waals surface area contributed by atoms with Crippen LogP contribution in [0, 0.1) is 0 Å². The topological polar surface area (TPSA) is 42.0 Å². The van der Waals surface area contributed by atoms with Crippen molar-refractivity contribution < 1.29 is 18.0 Å². The van der Waals surface area contributed by atoms with Crippen molar-refractivity contribution in [3.8, 4) is 0 Å². The zero-order valence-electron chi connectivity index (χ0n) is 8.60. The molecule has 0 amide bonds. The van der Waals surface area contributed by atoms with E-state index in [4.69, 9.17) is 0 Å². The highest BCUT2D eigenvalue weighted by molar-refractivity contribution is 7.13. The number of hydrogen-bond acceptors (Lipinski definition) is 4. The van der Waals surface area contributed by atoms with E-state index < -0.39 is 11.2 Å². The zero-order chi connectivity index (χ0) is 12.2. The molecule has 16 heavy (non-hydrogen) atoms. The van der Waals surface area contributed by atoms with Crippen LogP contribution in [0.4, 0.5) is 13.2 Å². The molecular weight excluding hydrogens is 241 g/mol. The predicted octanol–water partition coefficient (Wildman–Crippen LogP) is 2.34. The summed E-state index contributed by atoms with van der Waals surface area (Å²) in [6.45, 7) is 0.663. The molecule has 0 aromatic carbocycles. The quantitative estimate of drug-likeness (QED) is 0.646. The summed E-state index contributed by atoms with van der Waals surface area (Å²) in [4.78, 5) is 14.7. The minimum Gasteiger partial charge on any atom is -0.320 e. The molecule has 0 saturated carbocycles. The van der Waals surface area contributed by atoms with Crippen LogP contribution in [0.2, 0.25) is 0 Å². The van der Waals surface area contributed by atoms with Gasteiger partial charge in [0, 0.05) is 12.6 Å². The summed E-state index contributed by atoms with van der Waals surface area (Å²) in [5, 5.41) is 1.89. The molecule has 0 spiro atoms. The van der Waals surface area contributed by atoms with Crippen molar-refractivity contribution in [2.45, 2.75) is 19.0 Å². The number of halogens is 3. The Balaban J connectivity index is 2.60. The molecule has 0 aliphatic rings. The Kier molecular flexibility index (Phi) is 4.43. The van der Waals surface area contributed by atoms with Crippen LogP contribution in [0.3, 0.4) is 0 Å². The maximum absolute atomic E-state index is 12.2. The molecule has 0 atom stereocenters. The Labute approximate surface area is 94.7 Å². The van der Waals surface area contributed by atoms with E-state index in [0.29, 0.717) is 24.3 Å². The second kappa shape index (κ2) is 5.40. The van der Waals surface area contributed by atoms with Gasteiger partial charge in [-0.3, -0.25) is 4.79 Å². The average Bonchev–Trinajstić information content (AvgIpc) is 2.66. The van der Waals surface area contributed by atoms with Crippen molar-refractivity contribution in [1.82, 2.24) is 10.3 Å². The molecule has 3 nitrogen and oxygen atoms in total. The lowest BCUT2D eigenvalue weighted by Gasteiger charge is -1.99. The summed E-state index contributed by atoms with van der Waals surface area (Å²) in [7, 11) is 1.75. The first-order valence-electron chi connectivity index (χ1n) is 4.66. The van der Waals surface area contributed by atoms with Crippen LogP contribution in [0.5, 0.6) is 0 Å². The van der Waals surface area contributed by atoms with Gasteiger partial charge in [-0.15, -0.1) is 11.3 Å². The molecule has 0 aliphatic heterocycles. The summed E-state index contributed by atoms with van der Waals surface area (Å²) in [6.07, 6.45) is -2.63. The summed E-state index contributed by atoms with van der Waals surface area (Å²) in [6, 6.07) is 0. The number of nitrogens with zero attached hydrogens (tertiary/aromatic N) is 1. The van der Waals surface area contributed by atoms with Crippen molar-refractivity contribution in [2.75, 3.05) is 13.6 Å². The highest BCUT2D eigenvalue weighted by Gasteiger charge is 2.35. The van der Waals surface area contributed by atoms with Gasteiger partial charge in [-0.1, -0.05) is 0 Å². The molecule has 0 bridgehead atoms. The lowest BCUT2D eigenvalue weighted by atomic mass is 10.2. The van der Waals surface area contributed by atoms with E-state index in [1.54, 1.807) is 7.05 Å². The first-order valence-corrected chi connectivity index (χ1v) is 5.47. The minimum absolute atomic E-state index is 0.0726. The molecule has 90 valence electrons. The SMILES string of the molecule is CNCCCC(=O)c1cnc(C(F)(F)F)s1. The van der Waals surface area contributed by atoms with Gasteiger partial charge in [0.1, 0.15) is 0 Å². The number of nitrogens with one attached hydrogen (secondary N) is 1. The fourth-order valence-electron chi connectivity index (χ4n) is 1.08. The Bertz CT molecular complexity index is 362. The van der Waals surface area contributed by atoms with Gasteiger partial charge in [-0.2, -0.15) is 13.2 Å². The number of Topliss-reactive ketones (excluding diaryl/α,β-unsaturated/α-hetero) is 1. The van der Waals surface area contributed by atoms with Gasteiger partial charge in [0.25, 0.3) is 0 Å². The van der Waals surface area contributed by atoms with Crippen LogP contribution in [0.1, 0.15) is 27.5 Å². The molecule has 1 heterocycles. The molecule has 1 aromatic heterocycles. The van der Waals surface area contributed by atoms with E-state index in [0.717, 1.165) is 6.20 Å². The van der Waals surface area contributed by atoms with Gasteiger partial charge in [0.05, 0.1) is 4.88 Å². The molecule has 0 radical (unpaired) electrons. The third kappa shape index (κ3) is 3.57. The Hall–Kier alpha value is -0.950. The molecule has 7 heteroatoms. The lowest BCUT2D eigenvalue weighted by Crippen LogP contribution is -2.09. The highest BCUT2D eigenvalue weighted by Crippen LogP contribution is 2.32. The molecule has 0 aliphatic carbocycles. The third-order valence-electron chi connectivity index (χ3n) is 1.85. The number of aromatic nitrogens is 1. The standard InChI is InChI=1S/C9H11F3N2OS/c1-13-4-2-3-6(15)7-5-14-8(16-7)9(10,11)12/h5,13H,2-4H2,1H3. The predicted molar refractivity (Wildman–Crippen MR) is 54.6 cm³/mol. The van der Waals surface area contributed by atoms with Gasteiger partial charge in [-0.25, -0.2) is 4.98 Å². The summed E-state index contributed by atoms with van der Waals surface area (Å²) >= 11 is 0.400. The van der Waals surface area contributed by atoms with Crippen molar-refractivity contribution in [3.63, 3.8) is 0 Å². The second-order valence-corrected chi connectivity index (χ2v) is 4.19. The number of carbonyl (C=O) groups excluding carboxylic acids is 1. The van der Waals surface area contributed by atoms with Crippen LogP contribution in [0.25, 0.3) is 0 Å². The summed E-state index contributed by atoms with van der Waals surface area (Å²) < 4.78 is 36.6. The fourth-order valence-corrected chi connectivity index (χ4v) is 1.83. The second-order valence-electron chi connectivity index (χ2n) is 3.16. The largest absolute Gasteiger partial charge is 0.443 e. The monoisotopic (exact) mass is 252 g/mol. The van der Waals surface area contributed by atoms with Gasteiger partial charge in [0.2, 0.25) is 0 Å². The van der Waals surface area contributed by atoms with Crippen LogP contribution in [0.15, 0.2) is 6.20 Å². The van der Waals surface area contributed by atoms with Gasteiger partial charge < -0.3 is 5.32 Å². The first kappa shape index (κ1) is 13.1. The van der Waals surface area contributed by atoms with Gasteiger partial charge in [-0.05, 0) is 20.0 Å². The van der Waals surface area contributed by atoms with Crippen LogP contribution >= 0.6 is 11.3 Å². The van der Waals surface area contributed by atoms with Crippen molar-refractivity contribution in [1.29, 1.82) is 0 Å². The third-order valence-corrected chi connectivity index (χ3v) is 2.94. The lowest BCUT2D eigenvalue weighted by molar-refractivity contribution is -0.137. The normalized spacial score (nSPS) is 11.8. The number of alkyl halides is 3. The molecule has 1 rings (SSSR count). The molecule has 0 fully saturated rings. The zero-order valence-corrected chi connectivity index (χ0v) is 9.41. The molecular formula is C9H11F3N2OS. The van der Waals surface area contributed by atoms with Crippen LogP contribution < -0.4 is 5.32 Å². The Morgan fingerprint density at radius 2 is 2.25 bits per heavy atom. The molecule has 0 saturated heterocycles. The van der Waals surface area contributed by atoms with Gasteiger partial charge in [0.15, 0.2) is 10.8 Å². The Morgan fingerprint density at radius 3 is 2.75 bits per heavy atom. The number of ketones is 1. The van der Waals surface area contributed by atoms with Crippen LogP contribution in [-0.4, -0.2) is 24.4 Å². The van der Waals surface area contributed by atoms with Crippen molar-refractivity contribution >= 4 is 17.1 Å². The number of hydrogen-bond donors (Lipinski definition) is 1. The van der Waals surface area contributed by atoms with Crippen molar-refractivity contribution in [3.05, 3.63) is 16.1 Å². The van der Waals surface area contributed by atoms with Gasteiger partial charge >= 0.3 is 6.18 Å². The minimum atomic E-state index is -4.46. The van der Waals surface area contributed by atoms with E-state index >= 15 is 0 Å². The number of thiazole rings is 1. The van der Waals surface area contributed by atoms with E-state index in [1.807, 2.05) is 0 Å². The van der Waals surface area contributed by atoms with E-state index in [1.165, 1.54) is 0 Å². The van der Waals surface area contributed by atoms with E-state index in [9.17, 15) is 18.0 Å². The maximum atomic E-state index is 12.2. The Morgan fingerprint density at radius 1 is 1.56 bits per heavy atom. The summed E-state index contributed by atoms with van der Waals surface area (Å²) in [5.74, 6) is -0.289. The number of carbonyl (C=O) groups is 1. The molecule has 0 unspecified atom stereocenters. The summed E-state index contributed by atoms with van der Waals surface area (Å²) in [5.41, 5.74) is 0. The smallest absolute Gasteiger partial charge is 0.320 e. The number of rotatable bonds is 5. The molecule has 1 aromatic rings. The van der Waals surface area contributed by atoms with Crippen molar-refractivity contribution in [2.24, 2.45) is 0 Å². The first-order chi connectivity index (χ1) is 7.45. The van der Waals surface area contributed by atoms with E-state index in [-0.39, 0.29) is 17.1 Å². The van der Waals surface area contributed by atoms with Crippen LogP contribution in [-0.2, 0) is 6.18 Å². The fraction of sp³-hybridized carbons (Fsp3) is 0.556. The highest BCUT2D eigenvalue weighted by atomic mass is 32.1.